The first-order valence-electron chi connectivity index (χ1n) is 9.30. The van der Waals surface area contributed by atoms with Gasteiger partial charge in [0.15, 0.2) is 0 Å². The van der Waals surface area contributed by atoms with Gasteiger partial charge in [-0.05, 0) is 25.1 Å². The fourth-order valence-corrected chi connectivity index (χ4v) is 3.85. The van der Waals surface area contributed by atoms with Gasteiger partial charge in [0.25, 0.3) is 11.2 Å². The Morgan fingerprint density at radius 2 is 1.63 bits per heavy atom. The molecular formula is C23H15N3O4. The van der Waals surface area contributed by atoms with E-state index in [-0.39, 0.29) is 16.3 Å². The number of hydrogen-bond acceptors (Lipinski definition) is 4. The molecule has 0 saturated carbocycles. The van der Waals surface area contributed by atoms with E-state index in [0.717, 1.165) is 5.56 Å². The van der Waals surface area contributed by atoms with Gasteiger partial charge < -0.3 is 4.98 Å². The van der Waals surface area contributed by atoms with Crippen molar-refractivity contribution in [2.24, 2.45) is 0 Å². The summed E-state index contributed by atoms with van der Waals surface area (Å²) in [5.74, 6) is 0. The van der Waals surface area contributed by atoms with Crippen molar-refractivity contribution in [1.82, 2.24) is 9.55 Å². The van der Waals surface area contributed by atoms with Crippen LogP contribution in [0.15, 0.2) is 76.3 Å². The smallest absolute Gasteiger partial charge is 0.271 e. The number of aromatic nitrogens is 2. The second-order valence-electron chi connectivity index (χ2n) is 7.18. The molecule has 1 heterocycles. The van der Waals surface area contributed by atoms with Crippen LogP contribution in [0.2, 0.25) is 0 Å². The van der Waals surface area contributed by atoms with E-state index < -0.39 is 10.5 Å². The number of non-ortho nitro benzene ring substituents is 1. The number of fused-ring (bicyclic) bond motifs is 3. The maximum absolute atomic E-state index is 13.7. The molecule has 0 bridgehead atoms. The van der Waals surface area contributed by atoms with Crippen molar-refractivity contribution in [2.45, 2.75) is 6.92 Å². The molecule has 3 aromatic rings. The number of aryl methyl sites for hydroxylation is 1. The molecule has 0 saturated heterocycles. The molecule has 3 aromatic carbocycles. The van der Waals surface area contributed by atoms with E-state index in [1.807, 2.05) is 19.1 Å². The number of nitro benzene ring substituents is 1. The third-order valence-corrected chi connectivity index (χ3v) is 5.32. The van der Waals surface area contributed by atoms with Gasteiger partial charge in [0.05, 0.1) is 21.3 Å². The zero-order valence-electron chi connectivity index (χ0n) is 15.9. The molecule has 146 valence electrons. The van der Waals surface area contributed by atoms with E-state index >= 15 is 0 Å². The molecule has 0 amide bonds. The highest BCUT2D eigenvalue weighted by Gasteiger charge is 2.16. The maximum atomic E-state index is 13.7. The van der Waals surface area contributed by atoms with Crippen LogP contribution in [0.3, 0.4) is 0 Å². The molecule has 0 atom stereocenters. The molecule has 30 heavy (non-hydrogen) atoms. The predicted molar refractivity (Wildman–Crippen MR) is 114 cm³/mol. The molecule has 0 fully saturated rings. The Hall–Kier alpha value is -4.26. The van der Waals surface area contributed by atoms with Crippen molar-refractivity contribution in [2.75, 3.05) is 0 Å². The van der Waals surface area contributed by atoms with E-state index in [9.17, 15) is 19.7 Å². The number of nitrogens with zero attached hydrogens (tertiary/aromatic N) is 2. The summed E-state index contributed by atoms with van der Waals surface area (Å²) >= 11 is 0. The minimum Gasteiger partial charge on any atom is -0.353 e. The van der Waals surface area contributed by atoms with Gasteiger partial charge in [0, 0.05) is 28.6 Å². The molecule has 0 radical (unpaired) electrons. The van der Waals surface area contributed by atoms with Gasteiger partial charge in [-0.1, -0.05) is 42.0 Å². The first-order chi connectivity index (χ1) is 14.5. The molecule has 7 heteroatoms. The first kappa shape index (κ1) is 17.8. The van der Waals surface area contributed by atoms with E-state index in [1.165, 1.54) is 16.7 Å². The van der Waals surface area contributed by atoms with Crippen molar-refractivity contribution < 1.29 is 4.92 Å². The first-order valence-corrected chi connectivity index (χ1v) is 9.30. The van der Waals surface area contributed by atoms with Crippen molar-refractivity contribution >= 4 is 27.5 Å². The average Bonchev–Trinajstić information content (AvgIpc) is 2.94. The molecule has 2 aliphatic rings. The third kappa shape index (κ3) is 2.52. The highest BCUT2D eigenvalue weighted by atomic mass is 16.6. The zero-order valence-corrected chi connectivity index (χ0v) is 15.9. The minimum atomic E-state index is -0.526. The predicted octanol–water partition coefficient (Wildman–Crippen LogP) is 3.77. The number of aromatic amines is 1. The Morgan fingerprint density at radius 1 is 0.933 bits per heavy atom. The Balaban J connectivity index is 2.11. The molecule has 7 nitrogen and oxygen atoms in total. The van der Waals surface area contributed by atoms with E-state index in [1.54, 1.807) is 42.5 Å². The fraction of sp³-hybridized carbons (Fsp3) is 0.0435. The summed E-state index contributed by atoms with van der Waals surface area (Å²) in [5.41, 5.74) is 1.31. The summed E-state index contributed by atoms with van der Waals surface area (Å²) in [6, 6.07) is 18.5. The lowest BCUT2D eigenvalue weighted by Crippen LogP contribution is -2.21. The van der Waals surface area contributed by atoms with Crippen LogP contribution >= 0.6 is 0 Å². The quantitative estimate of drug-likeness (QED) is 0.362. The van der Waals surface area contributed by atoms with Crippen molar-refractivity contribution in [3.63, 3.8) is 0 Å². The highest BCUT2D eigenvalue weighted by molar-refractivity contribution is 5.86. The summed E-state index contributed by atoms with van der Waals surface area (Å²) in [7, 11) is 0. The summed E-state index contributed by atoms with van der Waals surface area (Å²) in [5, 5.41) is 12.9. The van der Waals surface area contributed by atoms with Gasteiger partial charge in [-0.15, -0.1) is 0 Å². The lowest BCUT2D eigenvalue weighted by atomic mass is 10.2. The molecule has 0 spiro atoms. The topological polar surface area (TPSA) is 98.0 Å². The maximum Gasteiger partial charge on any atom is 0.271 e. The number of nitro groups is 1. The minimum absolute atomic E-state index is 0.0237. The van der Waals surface area contributed by atoms with Crippen LogP contribution in [0.5, 0.6) is 0 Å². The van der Waals surface area contributed by atoms with Crippen molar-refractivity contribution in [3.05, 3.63) is 114 Å². The summed E-state index contributed by atoms with van der Waals surface area (Å²) < 4.78 is 1.36. The van der Waals surface area contributed by atoms with Crippen molar-refractivity contribution in [1.29, 1.82) is 0 Å². The van der Waals surface area contributed by atoms with Crippen molar-refractivity contribution in [3.8, 4) is 5.69 Å². The molecule has 1 aliphatic heterocycles. The number of hydrogen-bond donors (Lipinski definition) is 1. The van der Waals surface area contributed by atoms with E-state index in [4.69, 9.17) is 0 Å². The second-order valence-corrected chi connectivity index (χ2v) is 7.18. The zero-order chi connectivity index (χ0) is 21.0. The Labute approximate surface area is 168 Å². The summed E-state index contributed by atoms with van der Waals surface area (Å²) in [4.78, 5) is 40.8. The average molecular weight is 397 g/mol. The van der Waals surface area contributed by atoms with Gasteiger partial charge in [-0.2, -0.15) is 0 Å². The molecule has 0 unspecified atom stereocenters. The standard InChI is InChI=1S/C23H15N3O4/c1-13-6-8-14(9-7-13)25-19-12-15(26(29)30)10-11-18(19)24-21-16-4-2-3-5-17(16)22(27)20(21)23(25)28/h2-12,24H,1H3. The van der Waals surface area contributed by atoms with Gasteiger partial charge in [-0.25, -0.2) is 0 Å². The number of rotatable bonds is 2. The van der Waals surface area contributed by atoms with Crippen LogP contribution in [0.1, 0.15) is 5.56 Å². The van der Waals surface area contributed by atoms with Crippen LogP contribution in [-0.4, -0.2) is 14.5 Å². The largest absolute Gasteiger partial charge is 0.353 e. The van der Waals surface area contributed by atoms with Crippen LogP contribution < -0.4 is 11.0 Å². The summed E-state index contributed by atoms with van der Waals surface area (Å²) in [6.07, 6.45) is 0. The SMILES string of the molecule is Cc1ccc(-n2c(=O)c3c(=O)c4ccccc4c=3[nH]c3ccc([N+](=O)[O-])cc32)cc1. The van der Waals surface area contributed by atoms with E-state index in [2.05, 4.69) is 4.98 Å². The molecule has 1 aliphatic carbocycles. The lowest BCUT2D eigenvalue weighted by Gasteiger charge is -2.07. The number of benzene rings is 3. The Bertz CT molecular complexity index is 1660. The molecule has 5 rings (SSSR count). The lowest BCUT2D eigenvalue weighted by molar-refractivity contribution is -0.384. The van der Waals surface area contributed by atoms with E-state index in [0.29, 0.717) is 32.8 Å². The Morgan fingerprint density at radius 3 is 2.33 bits per heavy atom. The van der Waals surface area contributed by atoms with Gasteiger partial charge in [-0.3, -0.25) is 24.3 Å². The van der Waals surface area contributed by atoms with Crippen LogP contribution in [0.4, 0.5) is 5.69 Å². The van der Waals surface area contributed by atoms with Gasteiger partial charge in [0.1, 0.15) is 5.22 Å². The van der Waals surface area contributed by atoms with Gasteiger partial charge in [0.2, 0.25) is 5.43 Å². The number of nitrogens with one attached hydrogen (secondary N) is 1. The normalized spacial score (nSPS) is 11.4. The number of H-pyrrole nitrogens is 1. The third-order valence-electron chi connectivity index (χ3n) is 5.32. The van der Waals surface area contributed by atoms with Crippen LogP contribution in [0, 0.1) is 27.6 Å². The van der Waals surface area contributed by atoms with Gasteiger partial charge >= 0.3 is 0 Å². The monoisotopic (exact) mass is 397 g/mol. The Kier molecular flexibility index (Phi) is 3.79. The molecular weight excluding hydrogens is 382 g/mol. The summed E-state index contributed by atoms with van der Waals surface area (Å²) in [6.45, 7) is 1.92. The van der Waals surface area contributed by atoms with Crippen LogP contribution in [-0.2, 0) is 0 Å². The fourth-order valence-electron chi connectivity index (χ4n) is 3.85. The highest BCUT2D eigenvalue weighted by Crippen LogP contribution is 2.22. The molecule has 0 aromatic heterocycles. The second kappa shape index (κ2) is 6.38. The van der Waals surface area contributed by atoms with Crippen LogP contribution in [0.25, 0.3) is 27.5 Å². The molecule has 1 N–H and O–H groups in total.